The molecular weight excluding hydrogens is 433 g/mol. The van der Waals surface area contributed by atoms with Crippen molar-refractivity contribution in [3.8, 4) is 11.5 Å². The smallest absolute Gasteiger partial charge is 0.490 e. The third kappa shape index (κ3) is 5.74. The summed E-state index contributed by atoms with van der Waals surface area (Å²) >= 11 is 0. The van der Waals surface area contributed by atoms with Crippen LogP contribution in [0.25, 0.3) is 6.08 Å². The molecule has 180 valence electrons. The SMILES string of the molecule is CC1(C)OB(C(=Cc2ccc3c(c2)OCCCO3)CNC(=O)OCc2ccccc2)OC1(C)C. The lowest BCUT2D eigenvalue weighted by molar-refractivity contribution is 0.00578. The highest BCUT2D eigenvalue weighted by molar-refractivity contribution is 6.56. The van der Waals surface area contributed by atoms with Crippen molar-refractivity contribution in [2.75, 3.05) is 19.8 Å². The second-order valence-electron chi connectivity index (χ2n) is 9.48. The Morgan fingerprint density at radius 1 is 1.00 bits per heavy atom. The summed E-state index contributed by atoms with van der Waals surface area (Å²) in [6.07, 6.45) is 2.28. The summed E-state index contributed by atoms with van der Waals surface area (Å²) in [6.45, 7) is 9.65. The van der Waals surface area contributed by atoms with Gasteiger partial charge in [-0.3, -0.25) is 0 Å². The van der Waals surface area contributed by atoms with E-state index in [1.54, 1.807) is 0 Å². The highest BCUT2D eigenvalue weighted by Crippen LogP contribution is 2.39. The summed E-state index contributed by atoms with van der Waals surface area (Å²) in [4.78, 5) is 12.4. The topological polar surface area (TPSA) is 75.2 Å². The van der Waals surface area contributed by atoms with Crippen molar-refractivity contribution in [2.45, 2.75) is 51.9 Å². The molecule has 0 radical (unpaired) electrons. The van der Waals surface area contributed by atoms with Crippen molar-refractivity contribution in [2.24, 2.45) is 0 Å². The van der Waals surface area contributed by atoms with Crippen molar-refractivity contribution in [1.29, 1.82) is 0 Å². The van der Waals surface area contributed by atoms with E-state index < -0.39 is 24.4 Å². The second kappa shape index (κ2) is 10.1. The van der Waals surface area contributed by atoms with Crippen LogP contribution in [0.15, 0.2) is 54.0 Å². The van der Waals surface area contributed by atoms with E-state index in [0.717, 1.165) is 28.8 Å². The van der Waals surface area contributed by atoms with Crippen LogP contribution in [0.3, 0.4) is 0 Å². The van der Waals surface area contributed by atoms with Crippen LogP contribution in [0.5, 0.6) is 11.5 Å². The summed E-state index contributed by atoms with van der Waals surface area (Å²) in [7, 11) is -0.615. The van der Waals surface area contributed by atoms with Gasteiger partial charge < -0.3 is 28.8 Å². The van der Waals surface area contributed by atoms with E-state index in [1.807, 2.05) is 82.3 Å². The lowest BCUT2D eigenvalue weighted by Crippen LogP contribution is -2.41. The average Bonchev–Trinajstić information content (AvgIpc) is 2.95. The van der Waals surface area contributed by atoms with Crippen molar-refractivity contribution in [3.05, 3.63) is 65.1 Å². The molecule has 0 unspecified atom stereocenters. The molecule has 1 fully saturated rings. The molecule has 0 saturated carbocycles. The Hall–Kier alpha value is -2.97. The van der Waals surface area contributed by atoms with Crippen molar-refractivity contribution < 1.29 is 28.3 Å². The Kier molecular flexibility index (Phi) is 7.19. The quantitative estimate of drug-likeness (QED) is 0.619. The van der Waals surface area contributed by atoms with Crippen molar-refractivity contribution in [3.63, 3.8) is 0 Å². The molecular formula is C26H32BNO6. The molecule has 0 atom stereocenters. The first-order chi connectivity index (χ1) is 16.2. The molecule has 0 bridgehead atoms. The van der Waals surface area contributed by atoms with Gasteiger partial charge in [0.05, 0.1) is 24.4 Å². The fraction of sp³-hybridized carbons (Fsp3) is 0.423. The van der Waals surface area contributed by atoms with E-state index in [1.165, 1.54) is 0 Å². The maximum Gasteiger partial charge on any atom is 0.492 e. The number of amides is 1. The largest absolute Gasteiger partial charge is 0.492 e. The molecule has 0 aromatic heterocycles. The zero-order valence-electron chi connectivity index (χ0n) is 20.3. The van der Waals surface area contributed by atoms with Gasteiger partial charge in [0.2, 0.25) is 0 Å². The van der Waals surface area contributed by atoms with E-state index in [0.29, 0.717) is 19.0 Å². The minimum Gasteiger partial charge on any atom is -0.490 e. The van der Waals surface area contributed by atoms with Crippen LogP contribution in [0.1, 0.15) is 45.2 Å². The van der Waals surface area contributed by atoms with Crippen LogP contribution in [-0.2, 0) is 20.7 Å². The number of fused-ring (bicyclic) bond motifs is 1. The molecule has 0 aliphatic carbocycles. The number of rotatable bonds is 6. The monoisotopic (exact) mass is 465 g/mol. The van der Waals surface area contributed by atoms with Gasteiger partial charge in [-0.05, 0) is 56.4 Å². The fourth-order valence-electron chi connectivity index (χ4n) is 3.63. The Balaban J connectivity index is 1.50. The minimum atomic E-state index is -0.615. The number of benzene rings is 2. The summed E-state index contributed by atoms with van der Waals surface area (Å²) in [5.41, 5.74) is 1.58. The normalized spacial score (nSPS) is 18.8. The molecule has 2 aromatic rings. The molecule has 1 saturated heterocycles. The highest BCUT2D eigenvalue weighted by atomic mass is 16.7. The molecule has 2 aliphatic heterocycles. The van der Waals surface area contributed by atoms with Gasteiger partial charge >= 0.3 is 13.2 Å². The number of carbonyl (C=O) groups excluding carboxylic acids is 1. The van der Waals surface area contributed by atoms with Gasteiger partial charge in [-0.2, -0.15) is 0 Å². The minimum absolute atomic E-state index is 0.199. The van der Waals surface area contributed by atoms with Gasteiger partial charge in [0, 0.05) is 13.0 Å². The summed E-state index contributed by atoms with van der Waals surface area (Å²) in [6, 6.07) is 15.3. The molecule has 2 aromatic carbocycles. The number of hydrogen-bond donors (Lipinski definition) is 1. The van der Waals surface area contributed by atoms with E-state index in [9.17, 15) is 4.79 Å². The van der Waals surface area contributed by atoms with Crippen LogP contribution in [-0.4, -0.2) is 44.2 Å². The van der Waals surface area contributed by atoms with E-state index in [4.69, 9.17) is 23.5 Å². The fourth-order valence-corrected chi connectivity index (χ4v) is 3.63. The van der Waals surface area contributed by atoms with Crippen molar-refractivity contribution >= 4 is 19.3 Å². The Morgan fingerprint density at radius 2 is 1.68 bits per heavy atom. The number of hydrogen-bond acceptors (Lipinski definition) is 6. The predicted octanol–water partition coefficient (Wildman–Crippen LogP) is 4.79. The average molecular weight is 465 g/mol. The summed E-state index contributed by atoms with van der Waals surface area (Å²) in [5.74, 6) is 1.43. The molecule has 1 N–H and O–H groups in total. The molecule has 8 heteroatoms. The van der Waals surface area contributed by atoms with Crippen LogP contribution in [0.2, 0.25) is 0 Å². The maximum atomic E-state index is 12.4. The summed E-state index contributed by atoms with van der Waals surface area (Å²) < 4.78 is 29.4. The van der Waals surface area contributed by atoms with E-state index in [2.05, 4.69) is 5.32 Å². The maximum absolute atomic E-state index is 12.4. The molecule has 7 nitrogen and oxygen atoms in total. The highest BCUT2D eigenvalue weighted by Gasteiger charge is 2.52. The first kappa shape index (κ1) is 24.2. The molecule has 1 amide bonds. The number of ether oxygens (including phenoxy) is 3. The first-order valence-corrected chi connectivity index (χ1v) is 11.6. The van der Waals surface area contributed by atoms with Gasteiger partial charge in [0.1, 0.15) is 6.61 Å². The van der Waals surface area contributed by atoms with Crippen molar-refractivity contribution in [1.82, 2.24) is 5.32 Å². The standard InChI is InChI=1S/C26H32BNO6/c1-25(2)26(3,4)34-27(33-25)21(17-28-24(29)32-18-19-9-6-5-7-10-19)15-20-11-12-22-23(16-20)31-14-8-13-30-22/h5-7,9-12,15-16H,8,13-14,17-18H2,1-4H3,(H,28,29). The second-order valence-corrected chi connectivity index (χ2v) is 9.48. The van der Waals surface area contributed by atoms with Gasteiger partial charge in [-0.25, -0.2) is 4.79 Å². The van der Waals surface area contributed by atoms with Gasteiger partial charge in [-0.15, -0.1) is 0 Å². The third-order valence-electron chi connectivity index (χ3n) is 6.33. The lowest BCUT2D eigenvalue weighted by atomic mass is 9.77. The number of alkyl carbamates (subject to hydrolysis) is 1. The van der Waals surface area contributed by atoms with Gasteiger partial charge in [-0.1, -0.05) is 42.5 Å². The lowest BCUT2D eigenvalue weighted by Gasteiger charge is -2.32. The molecule has 34 heavy (non-hydrogen) atoms. The van der Waals surface area contributed by atoms with Gasteiger partial charge in [0.25, 0.3) is 0 Å². The summed E-state index contributed by atoms with van der Waals surface area (Å²) in [5, 5.41) is 2.83. The van der Waals surface area contributed by atoms with Crippen LogP contribution >= 0.6 is 0 Å². The number of carbonyl (C=O) groups is 1. The molecule has 2 heterocycles. The van der Waals surface area contributed by atoms with Crippen LogP contribution in [0.4, 0.5) is 4.79 Å². The Bertz CT molecular complexity index is 1020. The van der Waals surface area contributed by atoms with E-state index in [-0.39, 0.29) is 13.2 Å². The first-order valence-electron chi connectivity index (χ1n) is 11.6. The molecule has 0 spiro atoms. The third-order valence-corrected chi connectivity index (χ3v) is 6.33. The zero-order chi connectivity index (χ0) is 24.2. The Labute approximate surface area is 201 Å². The number of nitrogens with one attached hydrogen (secondary N) is 1. The van der Waals surface area contributed by atoms with E-state index >= 15 is 0 Å². The molecule has 4 rings (SSSR count). The predicted molar refractivity (Wildman–Crippen MR) is 131 cm³/mol. The van der Waals surface area contributed by atoms with Crippen LogP contribution in [0, 0.1) is 0 Å². The zero-order valence-corrected chi connectivity index (χ0v) is 20.3. The van der Waals surface area contributed by atoms with Gasteiger partial charge in [0.15, 0.2) is 11.5 Å². The Morgan fingerprint density at radius 3 is 2.38 bits per heavy atom. The van der Waals surface area contributed by atoms with Crippen LogP contribution < -0.4 is 14.8 Å². The molecule has 2 aliphatic rings.